The summed E-state index contributed by atoms with van der Waals surface area (Å²) in [6.45, 7) is 4.92. The predicted molar refractivity (Wildman–Crippen MR) is 115 cm³/mol. The number of aromatic nitrogens is 1. The first kappa shape index (κ1) is 20.5. The van der Waals surface area contributed by atoms with E-state index in [9.17, 15) is 4.79 Å². The highest BCUT2D eigenvalue weighted by molar-refractivity contribution is 5.94. The van der Waals surface area contributed by atoms with Crippen LogP contribution in [-0.4, -0.2) is 16.0 Å². The number of nitrogens with zero attached hydrogens (tertiary/aromatic N) is 2. The van der Waals surface area contributed by atoms with E-state index in [0.29, 0.717) is 31.0 Å². The van der Waals surface area contributed by atoms with Crippen LogP contribution in [0.3, 0.4) is 0 Å². The number of rotatable bonds is 8. The van der Waals surface area contributed by atoms with Gasteiger partial charge in [-0.05, 0) is 49.7 Å². The summed E-state index contributed by atoms with van der Waals surface area (Å²) in [5.41, 5.74) is 3.32. The molecule has 6 heteroatoms. The summed E-state index contributed by atoms with van der Waals surface area (Å²) in [5.74, 6) is 1.99. The molecular weight excluding hydrogens is 392 g/mol. The highest BCUT2D eigenvalue weighted by Crippen LogP contribution is 2.21. The quantitative estimate of drug-likeness (QED) is 0.390. The summed E-state index contributed by atoms with van der Waals surface area (Å²) < 4.78 is 16.6. The van der Waals surface area contributed by atoms with Crippen LogP contribution in [0.4, 0.5) is 0 Å². The van der Waals surface area contributed by atoms with Gasteiger partial charge in [0.2, 0.25) is 0 Å². The van der Waals surface area contributed by atoms with Crippen LogP contribution < -0.4 is 4.74 Å². The SMILES string of the molecule is Cc1noc(C)c1COc1cccc(C(=O)N(Cc2ccccc2)Cc2ccco2)c1. The molecule has 0 aliphatic rings. The number of carbonyl (C=O) groups excluding carboxylic acids is 1. The molecule has 4 aromatic rings. The molecule has 0 saturated heterocycles. The van der Waals surface area contributed by atoms with E-state index in [1.165, 1.54) is 0 Å². The maximum atomic E-state index is 13.4. The first-order valence-electron chi connectivity index (χ1n) is 10.1. The molecule has 0 saturated carbocycles. The number of hydrogen-bond donors (Lipinski definition) is 0. The zero-order valence-corrected chi connectivity index (χ0v) is 17.6. The lowest BCUT2D eigenvalue weighted by Gasteiger charge is -2.22. The van der Waals surface area contributed by atoms with Gasteiger partial charge in [0, 0.05) is 12.1 Å². The van der Waals surface area contributed by atoms with Crippen molar-refractivity contribution in [1.82, 2.24) is 10.1 Å². The van der Waals surface area contributed by atoms with Gasteiger partial charge in [0.05, 0.1) is 24.1 Å². The topological polar surface area (TPSA) is 68.7 Å². The average molecular weight is 416 g/mol. The van der Waals surface area contributed by atoms with Crippen LogP contribution in [0.15, 0.2) is 81.9 Å². The Bertz CT molecular complexity index is 1110. The zero-order chi connectivity index (χ0) is 21.6. The molecule has 2 heterocycles. The molecule has 31 heavy (non-hydrogen) atoms. The Labute approximate surface area is 181 Å². The van der Waals surface area contributed by atoms with Crippen molar-refractivity contribution < 1.29 is 18.5 Å². The predicted octanol–water partition coefficient (Wildman–Crippen LogP) is 5.31. The third-order valence-corrected chi connectivity index (χ3v) is 5.08. The fraction of sp³-hybridized carbons (Fsp3) is 0.200. The fourth-order valence-electron chi connectivity index (χ4n) is 3.36. The largest absolute Gasteiger partial charge is 0.489 e. The Balaban J connectivity index is 1.52. The maximum absolute atomic E-state index is 13.4. The van der Waals surface area contributed by atoms with Crippen molar-refractivity contribution >= 4 is 5.91 Å². The van der Waals surface area contributed by atoms with Crippen LogP contribution in [0.5, 0.6) is 5.75 Å². The van der Waals surface area contributed by atoms with Crippen LogP contribution in [0.1, 0.15) is 38.7 Å². The van der Waals surface area contributed by atoms with Crippen molar-refractivity contribution in [3.05, 3.63) is 107 Å². The van der Waals surface area contributed by atoms with E-state index in [1.54, 1.807) is 23.3 Å². The van der Waals surface area contributed by atoms with Crippen molar-refractivity contribution in [2.24, 2.45) is 0 Å². The van der Waals surface area contributed by atoms with Gasteiger partial charge < -0.3 is 18.6 Å². The minimum Gasteiger partial charge on any atom is -0.489 e. The second-order valence-corrected chi connectivity index (χ2v) is 7.35. The van der Waals surface area contributed by atoms with Crippen molar-refractivity contribution in [1.29, 1.82) is 0 Å². The van der Waals surface area contributed by atoms with Crippen molar-refractivity contribution in [3.63, 3.8) is 0 Å². The molecule has 2 aromatic heterocycles. The van der Waals surface area contributed by atoms with Crippen molar-refractivity contribution in [3.8, 4) is 5.75 Å². The van der Waals surface area contributed by atoms with Gasteiger partial charge in [-0.3, -0.25) is 4.79 Å². The Morgan fingerprint density at radius 3 is 2.55 bits per heavy atom. The van der Waals surface area contributed by atoms with Gasteiger partial charge in [-0.25, -0.2) is 0 Å². The molecular formula is C25H24N2O4. The molecule has 0 bridgehead atoms. The van der Waals surface area contributed by atoms with Gasteiger partial charge in [0.15, 0.2) is 0 Å². The third-order valence-electron chi connectivity index (χ3n) is 5.08. The fourth-order valence-corrected chi connectivity index (χ4v) is 3.36. The maximum Gasteiger partial charge on any atom is 0.254 e. The van der Waals surface area contributed by atoms with E-state index in [1.807, 2.05) is 68.4 Å². The molecule has 0 atom stereocenters. The number of aryl methyl sites for hydroxylation is 2. The monoisotopic (exact) mass is 416 g/mol. The van der Waals surface area contributed by atoms with Crippen LogP contribution in [0.25, 0.3) is 0 Å². The Kier molecular flexibility index (Phi) is 6.17. The molecule has 2 aromatic carbocycles. The van der Waals surface area contributed by atoms with Crippen LogP contribution in [0, 0.1) is 13.8 Å². The van der Waals surface area contributed by atoms with E-state index < -0.39 is 0 Å². The van der Waals surface area contributed by atoms with Gasteiger partial charge in [-0.15, -0.1) is 0 Å². The summed E-state index contributed by atoms with van der Waals surface area (Å²) in [6, 6.07) is 20.8. The lowest BCUT2D eigenvalue weighted by Crippen LogP contribution is -2.30. The lowest BCUT2D eigenvalue weighted by atomic mass is 10.1. The van der Waals surface area contributed by atoms with Gasteiger partial charge in [0.1, 0.15) is 23.9 Å². The molecule has 6 nitrogen and oxygen atoms in total. The number of carbonyl (C=O) groups is 1. The van der Waals surface area contributed by atoms with E-state index >= 15 is 0 Å². The van der Waals surface area contributed by atoms with Gasteiger partial charge in [-0.2, -0.15) is 0 Å². The van der Waals surface area contributed by atoms with Crippen LogP contribution >= 0.6 is 0 Å². The Morgan fingerprint density at radius 1 is 1.00 bits per heavy atom. The highest BCUT2D eigenvalue weighted by Gasteiger charge is 2.19. The van der Waals surface area contributed by atoms with Crippen LogP contribution in [-0.2, 0) is 19.7 Å². The molecule has 0 N–H and O–H groups in total. The normalized spacial score (nSPS) is 10.8. The molecule has 0 aliphatic carbocycles. The standard InChI is InChI=1S/C25H24N2O4/c1-18-24(19(2)31-26-18)17-30-22-11-6-10-21(14-22)25(28)27(16-23-12-7-13-29-23)15-20-8-4-3-5-9-20/h3-14H,15-17H2,1-2H3. The first-order valence-corrected chi connectivity index (χ1v) is 10.1. The third kappa shape index (κ3) is 5.04. The second kappa shape index (κ2) is 9.34. The summed E-state index contributed by atoms with van der Waals surface area (Å²) in [6.07, 6.45) is 1.61. The number of hydrogen-bond acceptors (Lipinski definition) is 5. The molecule has 158 valence electrons. The molecule has 0 unspecified atom stereocenters. The van der Waals surface area contributed by atoms with E-state index in [0.717, 1.165) is 28.3 Å². The van der Waals surface area contributed by atoms with E-state index in [-0.39, 0.29) is 5.91 Å². The Hall–Kier alpha value is -3.80. The second-order valence-electron chi connectivity index (χ2n) is 7.35. The van der Waals surface area contributed by atoms with Gasteiger partial charge in [0.25, 0.3) is 5.91 Å². The van der Waals surface area contributed by atoms with Gasteiger partial charge >= 0.3 is 0 Å². The molecule has 0 spiro atoms. The van der Waals surface area contributed by atoms with Gasteiger partial charge in [-0.1, -0.05) is 41.6 Å². The summed E-state index contributed by atoms with van der Waals surface area (Å²) in [5, 5.41) is 3.95. The zero-order valence-electron chi connectivity index (χ0n) is 17.6. The summed E-state index contributed by atoms with van der Waals surface area (Å²) in [4.78, 5) is 15.1. The molecule has 1 amide bonds. The van der Waals surface area contributed by atoms with E-state index in [4.69, 9.17) is 13.7 Å². The Morgan fingerprint density at radius 2 is 1.84 bits per heavy atom. The molecule has 0 fully saturated rings. The number of ether oxygens (including phenoxy) is 1. The van der Waals surface area contributed by atoms with Crippen LogP contribution in [0.2, 0.25) is 0 Å². The number of benzene rings is 2. The minimum atomic E-state index is -0.0944. The minimum absolute atomic E-state index is 0.0944. The average Bonchev–Trinajstić information content (AvgIpc) is 3.42. The van der Waals surface area contributed by atoms with E-state index in [2.05, 4.69) is 5.16 Å². The van der Waals surface area contributed by atoms with Crippen molar-refractivity contribution in [2.45, 2.75) is 33.5 Å². The summed E-state index contributed by atoms with van der Waals surface area (Å²) in [7, 11) is 0. The highest BCUT2D eigenvalue weighted by atomic mass is 16.5. The van der Waals surface area contributed by atoms with Crippen molar-refractivity contribution in [2.75, 3.05) is 0 Å². The number of amides is 1. The molecule has 0 radical (unpaired) electrons. The summed E-state index contributed by atoms with van der Waals surface area (Å²) >= 11 is 0. The molecule has 4 rings (SSSR count). The smallest absolute Gasteiger partial charge is 0.254 e. The lowest BCUT2D eigenvalue weighted by molar-refractivity contribution is 0.0717. The first-order chi connectivity index (χ1) is 15.1. The molecule has 0 aliphatic heterocycles. The number of furan rings is 1.